The number of likely N-dealkylation sites (N-methyl/N-ethyl adjacent to an activating group) is 1. The summed E-state index contributed by atoms with van der Waals surface area (Å²) < 4.78 is 5.64. The lowest BCUT2D eigenvalue weighted by atomic mass is 10.1. The third kappa shape index (κ3) is 4.54. The molecular formula is C16H14N4O7. The number of rotatable bonds is 7. The topological polar surface area (TPSA) is 146 Å². The number of amides is 1. The summed E-state index contributed by atoms with van der Waals surface area (Å²) >= 11 is 0. The number of hydrogen-bond donors (Lipinski definition) is 1. The van der Waals surface area contributed by atoms with Gasteiger partial charge in [-0.15, -0.1) is 0 Å². The van der Waals surface area contributed by atoms with Crippen molar-refractivity contribution in [3.63, 3.8) is 0 Å². The molecule has 0 aliphatic heterocycles. The molecule has 0 spiro atoms. The van der Waals surface area contributed by atoms with Crippen molar-refractivity contribution < 1.29 is 24.2 Å². The van der Waals surface area contributed by atoms with Crippen LogP contribution in [-0.4, -0.2) is 35.6 Å². The third-order valence-electron chi connectivity index (χ3n) is 3.33. The van der Waals surface area contributed by atoms with E-state index in [0.29, 0.717) is 0 Å². The fourth-order valence-corrected chi connectivity index (χ4v) is 2.09. The van der Waals surface area contributed by atoms with Gasteiger partial charge >= 0.3 is 0 Å². The number of hydrogen-bond acceptors (Lipinski definition) is 8. The van der Waals surface area contributed by atoms with E-state index < -0.39 is 15.8 Å². The van der Waals surface area contributed by atoms with Crippen LogP contribution < -0.4 is 10.1 Å². The molecule has 27 heavy (non-hydrogen) atoms. The molecule has 0 fully saturated rings. The number of ether oxygens (including phenoxy) is 1. The summed E-state index contributed by atoms with van der Waals surface area (Å²) in [5.41, 5.74) is -0.628. The molecule has 1 amide bonds. The van der Waals surface area contributed by atoms with Crippen molar-refractivity contribution in [2.45, 2.75) is 0 Å². The Bertz CT molecular complexity index is 909. The summed E-state index contributed by atoms with van der Waals surface area (Å²) in [6.45, 7) is 0. The highest BCUT2D eigenvalue weighted by molar-refractivity contribution is 6.45. The van der Waals surface area contributed by atoms with Gasteiger partial charge in [-0.2, -0.15) is 0 Å². The average Bonchev–Trinajstić information content (AvgIpc) is 2.66. The fraction of sp³-hybridized carbons (Fsp3) is 0.125. The molecule has 11 nitrogen and oxygen atoms in total. The number of carbonyl (C=O) groups excluding carboxylic acids is 1. The van der Waals surface area contributed by atoms with Crippen molar-refractivity contribution in [3.8, 4) is 11.5 Å². The molecule has 0 bridgehead atoms. The summed E-state index contributed by atoms with van der Waals surface area (Å²) in [5, 5.41) is 27.8. The van der Waals surface area contributed by atoms with Crippen molar-refractivity contribution in [3.05, 3.63) is 68.3 Å². The number of nitro groups is 2. The van der Waals surface area contributed by atoms with Crippen molar-refractivity contribution in [1.82, 2.24) is 5.32 Å². The van der Waals surface area contributed by atoms with Gasteiger partial charge in [-0.1, -0.05) is 5.16 Å². The molecule has 2 aromatic carbocycles. The van der Waals surface area contributed by atoms with E-state index in [9.17, 15) is 25.0 Å². The maximum absolute atomic E-state index is 12.1. The van der Waals surface area contributed by atoms with E-state index in [1.165, 1.54) is 50.6 Å². The van der Waals surface area contributed by atoms with Crippen LogP contribution in [0.3, 0.4) is 0 Å². The van der Waals surface area contributed by atoms with E-state index in [-0.39, 0.29) is 34.1 Å². The number of nitrogens with one attached hydrogen (secondary N) is 1. The van der Waals surface area contributed by atoms with Gasteiger partial charge in [-0.3, -0.25) is 25.0 Å². The number of non-ortho nitro benzene ring substituents is 2. The summed E-state index contributed by atoms with van der Waals surface area (Å²) in [5.74, 6) is -0.343. The second-order valence-corrected chi connectivity index (χ2v) is 4.99. The first-order valence-corrected chi connectivity index (χ1v) is 7.41. The first-order valence-electron chi connectivity index (χ1n) is 7.41. The van der Waals surface area contributed by atoms with Gasteiger partial charge in [0.25, 0.3) is 17.3 Å². The predicted octanol–water partition coefficient (Wildman–Crippen LogP) is 2.39. The molecule has 0 aromatic heterocycles. The molecule has 2 rings (SSSR count). The number of nitrogens with zero attached hydrogens (tertiary/aromatic N) is 3. The monoisotopic (exact) mass is 374 g/mol. The van der Waals surface area contributed by atoms with Crippen LogP contribution in [0.15, 0.2) is 47.6 Å². The Labute approximate surface area is 152 Å². The molecule has 0 saturated heterocycles. The Balaban J connectivity index is 2.51. The van der Waals surface area contributed by atoms with E-state index in [1.54, 1.807) is 0 Å². The maximum Gasteiger partial charge on any atom is 0.273 e. The summed E-state index contributed by atoms with van der Waals surface area (Å²) in [6, 6.07) is 8.80. The van der Waals surface area contributed by atoms with Gasteiger partial charge in [0.05, 0.1) is 15.4 Å². The molecular weight excluding hydrogens is 360 g/mol. The van der Waals surface area contributed by atoms with Gasteiger partial charge in [0.15, 0.2) is 5.71 Å². The molecule has 0 unspecified atom stereocenters. The highest BCUT2D eigenvalue weighted by Gasteiger charge is 2.22. The quantitative estimate of drug-likeness (QED) is 0.444. The van der Waals surface area contributed by atoms with Crippen LogP contribution in [0.4, 0.5) is 11.4 Å². The molecule has 140 valence electrons. The van der Waals surface area contributed by atoms with Crippen molar-refractivity contribution in [2.75, 3.05) is 14.2 Å². The molecule has 0 saturated carbocycles. The molecule has 11 heteroatoms. The average molecular weight is 374 g/mol. The lowest BCUT2D eigenvalue weighted by Gasteiger charge is -2.12. The van der Waals surface area contributed by atoms with Gasteiger partial charge < -0.3 is 14.9 Å². The summed E-state index contributed by atoms with van der Waals surface area (Å²) in [7, 11) is 2.58. The minimum atomic E-state index is -0.647. The SMILES string of the molecule is CNC(=O)C(=NOC)c1cc([N+](=O)[O-])ccc1Oc1ccc([N+](=O)[O-])cc1. The van der Waals surface area contributed by atoms with Crippen molar-refractivity contribution in [1.29, 1.82) is 0 Å². The molecule has 0 atom stereocenters. The van der Waals surface area contributed by atoms with E-state index in [4.69, 9.17) is 4.74 Å². The zero-order valence-electron chi connectivity index (χ0n) is 14.2. The Hall–Kier alpha value is -4.02. The fourth-order valence-electron chi connectivity index (χ4n) is 2.09. The number of carbonyl (C=O) groups is 1. The van der Waals surface area contributed by atoms with Crippen LogP contribution in [0.1, 0.15) is 5.56 Å². The molecule has 1 N–H and O–H groups in total. The van der Waals surface area contributed by atoms with Gasteiger partial charge in [0.1, 0.15) is 18.6 Å². The Morgan fingerprint density at radius 1 is 1.04 bits per heavy atom. The van der Waals surface area contributed by atoms with Crippen LogP contribution in [0, 0.1) is 20.2 Å². The van der Waals surface area contributed by atoms with Crippen LogP contribution in [0.2, 0.25) is 0 Å². The molecule has 0 heterocycles. The van der Waals surface area contributed by atoms with Crippen LogP contribution in [0.5, 0.6) is 11.5 Å². The van der Waals surface area contributed by atoms with Gasteiger partial charge in [-0.05, 0) is 18.2 Å². The molecule has 2 aromatic rings. The maximum atomic E-state index is 12.1. The second-order valence-electron chi connectivity index (χ2n) is 4.99. The summed E-state index contributed by atoms with van der Waals surface area (Å²) in [4.78, 5) is 37.3. The van der Waals surface area contributed by atoms with Crippen molar-refractivity contribution >= 4 is 23.0 Å². The number of benzene rings is 2. The number of oxime groups is 1. The highest BCUT2D eigenvalue weighted by Crippen LogP contribution is 2.30. The normalized spacial score (nSPS) is 10.8. The molecule has 0 aliphatic carbocycles. The Morgan fingerprint density at radius 3 is 2.15 bits per heavy atom. The zero-order chi connectivity index (χ0) is 20.0. The van der Waals surface area contributed by atoms with E-state index >= 15 is 0 Å². The molecule has 0 radical (unpaired) electrons. The van der Waals surface area contributed by atoms with E-state index in [2.05, 4.69) is 15.3 Å². The Morgan fingerprint density at radius 2 is 1.63 bits per heavy atom. The predicted molar refractivity (Wildman–Crippen MR) is 93.9 cm³/mol. The van der Waals surface area contributed by atoms with E-state index in [0.717, 1.165) is 6.07 Å². The first kappa shape index (κ1) is 19.3. The highest BCUT2D eigenvalue weighted by atomic mass is 16.6. The second kappa shape index (κ2) is 8.38. The smallest absolute Gasteiger partial charge is 0.273 e. The van der Waals surface area contributed by atoms with Crippen LogP contribution >= 0.6 is 0 Å². The van der Waals surface area contributed by atoms with E-state index in [1.807, 2.05) is 0 Å². The lowest BCUT2D eigenvalue weighted by Crippen LogP contribution is -2.29. The van der Waals surface area contributed by atoms with Crippen LogP contribution in [-0.2, 0) is 9.63 Å². The lowest BCUT2D eigenvalue weighted by molar-refractivity contribution is -0.385. The van der Waals surface area contributed by atoms with Gasteiger partial charge in [-0.25, -0.2) is 0 Å². The van der Waals surface area contributed by atoms with Gasteiger partial charge in [0.2, 0.25) is 0 Å². The van der Waals surface area contributed by atoms with Crippen molar-refractivity contribution in [2.24, 2.45) is 5.16 Å². The van der Waals surface area contributed by atoms with Gasteiger partial charge in [0, 0.05) is 31.3 Å². The first-order chi connectivity index (χ1) is 12.9. The minimum absolute atomic E-state index is 0.0174. The Kier molecular flexibility index (Phi) is 5.99. The standard InChI is InChI=1S/C16H14N4O7/c1-17-16(21)15(18-26-2)13-9-11(20(24)25)5-8-14(13)27-12-6-3-10(4-7-12)19(22)23/h3-9H,1-2H3,(H,17,21). The largest absolute Gasteiger partial charge is 0.457 e. The minimum Gasteiger partial charge on any atom is -0.457 e. The van der Waals surface area contributed by atoms with Crippen LogP contribution in [0.25, 0.3) is 0 Å². The third-order valence-corrected chi connectivity index (χ3v) is 3.33. The zero-order valence-corrected chi connectivity index (χ0v) is 14.2. The summed E-state index contributed by atoms with van der Waals surface area (Å²) in [6.07, 6.45) is 0. The number of nitro benzene ring substituents is 2. The molecule has 0 aliphatic rings.